The second-order valence-electron chi connectivity index (χ2n) is 2.73. The Morgan fingerprint density at radius 3 is 2.73 bits per heavy atom. The Bertz CT molecular complexity index is 502. The summed E-state index contributed by atoms with van der Waals surface area (Å²) in [5.74, 6) is -2.96. The average molecular weight is 221 g/mol. The molecule has 0 fully saturated rings. The maximum atomic E-state index is 10.8. The van der Waals surface area contributed by atoms with E-state index in [9.17, 15) is 14.7 Å². The van der Waals surface area contributed by atoms with Crippen molar-refractivity contribution in [1.29, 1.82) is 0 Å². The van der Waals surface area contributed by atoms with Gasteiger partial charge in [-0.15, -0.1) is 0 Å². The van der Waals surface area contributed by atoms with Gasteiger partial charge in [-0.1, -0.05) is 23.5 Å². The molecule has 0 saturated carbocycles. The van der Waals surface area contributed by atoms with E-state index in [0.29, 0.717) is 0 Å². The number of rotatable bonds is 1. The van der Waals surface area contributed by atoms with Crippen LogP contribution in [0.5, 0.6) is 0 Å². The first-order chi connectivity index (χ1) is 7.16. The van der Waals surface area contributed by atoms with E-state index in [1.54, 1.807) is 6.07 Å². The molecule has 0 unspecified atom stereocenters. The van der Waals surface area contributed by atoms with Crippen LogP contribution >= 0.6 is 11.3 Å². The third kappa shape index (κ3) is 1.94. The van der Waals surface area contributed by atoms with Gasteiger partial charge in [-0.3, -0.25) is 10.1 Å². The lowest BCUT2D eigenvalue weighted by Gasteiger charge is -1.99. The molecular formula is C9H5N2O3S-. The van der Waals surface area contributed by atoms with Gasteiger partial charge >= 0.3 is 0 Å². The predicted octanol–water partition coefficient (Wildman–Crippen LogP) is -0.0153. The maximum absolute atomic E-state index is 10.8. The van der Waals surface area contributed by atoms with Crippen molar-refractivity contribution < 1.29 is 14.7 Å². The number of para-hydroxylation sites is 1. The van der Waals surface area contributed by atoms with Gasteiger partial charge < -0.3 is 9.90 Å². The van der Waals surface area contributed by atoms with Crippen LogP contribution < -0.4 is 10.4 Å². The Hall–Kier alpha value is -1.95. The van der Waals surface area contributed by atoms with Crippen LogP contribution in [-0.4, -0.2) is 16.9 Å². The summed E-state index contributed by atoms with van der Waals surface area (Å²) in [5.41, 5.74) is 0.719. The zero-order valence-electron chi connectivity index (χ0n) is 7.39. The number of anilines is 1. The highest BCUT2D eigenvalue weighted by Crippen LogP contribution is 2.24. The van der Waals surface area contributed by atoms with Crippen molar-refractivity contribution >= 4 is 38.6 Å². The molecule has 1 heterocycles. The van der Waals surface area contributed by atoms with Gasteiger partial charge in [-0.25, -0.2) is 4.98 Å². The van der Waals surface area contributed by atoms with E-state index in [2.05, 4.69) is 10.3 Å². The highest BCUT2D eigenvalue weighted by molar-refractivity contribution is 7.22. The van der Waals surface area contributed by atoms with Crippen LogP contribution in [0.4, 0.5) is 5.13 Å². The maximum Gasteiger partial charge on any atom is 0.273 e. The molecule has 76 valence electrons. The van der Waals surface area contributed by atoms with E-state index in [4.69, 9.17) is 0 Å². The highest BCUT2D eigenvalue weighted by Gasteiger charge is 2.07. The Balaban J connectivity index is 2.30. The summed E-state index contributed by atoms with van der Waals surface area (Å²) in [5, 5.41) is 12.6. The van der Waals surface area contributed by atoms with Crippen LogP contribution in [-0.2, 0) is 9.59 Å². The predicted molar refractivity (Wildman–Crippen MR) is 53.3 cm³/mol. The summed E-state index contributed by atoms with van der Waals surface area (Å²) in [6, 6.07) is 7.26. The molecule has 2 rings (SSSR count). The van der Waals surface area contributed by atoms with Gasteiger partial charge in [-0.2, -0.15) is 0 Å². The highest BCUT2D eigenvalue weighted by atomic mass is 32.1. The van der Waals surface area contributed by atoms with E-state index >= 15 is 0 Å². The molecule has 5 nitrogen and oxygen atoms in total. The minimum absolute atomic E-state index is 0.255. The number of aliphatic carboxylic acids is 1. The lowest BCUT2D eigenvalue weighted by atomic mass is 10.3. The second kappa shape index (κ2) is 3.66. The molecule has 0 spiro atoms. The van der Waals surface area contributed by atoms with Crippen LogP contribution in [0.25, 0.3) is 10.2 Å². The number of benzene rings is 1. The number of hydrogen-bond acceptors (Lipinski definition) is 5. The van der Waals surface area contributed by atoms with Crippen LogP contribution in [0.2, 0.25) is 0 Å². The average Bonchev–Trinajstić information content (AvgIpc) is 2.59. The fourth-order valence-corrected chi connectivity index (χ4v) is 1.93. The molecular weight excluding hydrogens is 216 g/mol. The van der Waals surface area contributed by atoms with Gasteiger partial charge in [0.1, 0.15) is 5.97 Å². The van der Waals surface area contributed by atoms with Gasteiger partial charge in [0.25, 0.3) is 5.91 Å². The third-order valence-corrected chi connectivity index (χ3v) is 2.65. The van der Waals surface area contributed by atoms with Crippen molar-refractivity contribution in [1.82, 2.24) is 4.98 Å². The minimum atomic E-state index is -1.77. The Morgan fingerprint density at radius 1 is 1.33 bits per heavy atom. The number of hydrogen-bond donors (Lipinski definition) is 1. The third-order valence-electron chi connectivity index (χ3n) is 1.70. The number of thiazole rings is 1. The number of carbonyl (C=O) groups excluding carboxylic acids is 2. The van der Waals surface area contributed by atoms with Gasteiger partial charge in [0.05, 0.1) is 10.2 Å². The number of nitrogens with one attached hydrogen (secondary N) is 1. The van der Waals surface area contributed by atoms with E-state index < -0.39 is 11.9 Å². The van der Waals surface area contributed by atoms with Crippen LogP contribution in [0.1, 0.15) is 0 Å². The molecule has 1 aromatic heterocycles. The SMILES string of the molecule is O=C([O-])C(=O)Nc1nc2ccccc2s1. The largest absolute Gasteiger partial charge is 0.540 e. The van der Waals surface area contributed by atoms with Crippen LogP contribution in [0.15, 0.2) is 24.3 Å². The zero-order chi connectivity index (χ0) is 10.8. The number of carboxylic acids is 1. The summed E-state index contributed by atoms with van der Waals surface area (Å²) < 4.78 is 0.881. The molecule has 0 aliphatic heterocycles. The van der Waals surface area contributed by atoms with Gasteiger partial charge in [-0.05, 0) is 12.1 Å². The summed E-state index contributed by atoms with van der Waals surface area (Å²) in [6.07, 6.45) is 0. The van der Waals surface area contributed by atoms with Crippen molar-refractivity contribution in [3.63, 3.8) is 0 Å². The summed E-state index contributed by atoms with van der Waals surface area (Å²) in [6.45, 7) is 0. The lowest BCUT2D eigenvalue weighted by molar-refractivity contribution is -0.299. The molecule has 2 aromatic rings. The number of carboxylic acid groups (broad SMARTS) is 1. The monoisotopic (exact) mass is 221 g/mol. The molecule has 1 aromatic carbocycles. The van der Waals surface area contributed by atoms with Crippen LogP contribution in [0, 0.1) is 0 Å². The van der Waals surface area contributed by atoms with Crippen molar-refractivity contribution in [2.24, 2.45) is 0 Å². The fourth-order valence-electron chi connectivity index (χ4n) is 1.07. The van der Waals surface area contributed by atoms with Crippen molar-refractivity contribution in [2.45, 2.75) is 0 Å². The normalized spacial score (nSPS) is 10.1. The summed E-state index contributed by atoms with van der Waals surface area (Å²) >= 11 is 1.21. The molecule has 1 N–H and O–H groups in total. The Kier molecular flexibility index (Phi) is 2.34. The first-order valence-electron chi connectivity index (χ1n) is 4.05. The van der Waals surface area contributed by atoms with Gasteiger partial charge in [0, 0.05) is 0 Å². The van der Waals surface area contributed by atoms with Crippen molar-refractivity contribution in [3.8, 4) is 0 Å². The standard InChI is InChI=1S/C9H6N2O3S/c12-7(8(13)14)11-9-10-5-3-1-2-4-6(5)15-9/h1-4H,(H,13,14)(H,10,11,12)/p-1. The van der Waals surface area contributed by atoms with E-state index in [0.717, 1.165) is 10.2 Å². The molecule has 0 aliphatic rings. The number of fused-ring (bicyclic) bond motifs is 1. The Morgan fingerprint density at radius 2 is 2.07 bits per heavy atom. The van der Waals surface area contributed by atoms with E-state index in [-0.39, 0.29) is 5.13 Å². The lowest BCUT2D eigenvalue weighted by Crippen LogP contribution is -2.36. The topological polar surface area (TPSA) is 82.1 Å². The fraction of sp³-hybridized carbons (Fsp3) is 0. The van der Waals surface area contributed by atoms with Crippen LogP contribution in [0.3, 0.4) is 0 Å². The minimum Gasteiger partial charge on any atom is -0.540 e. The van der Waals surface area contributed by atoms with Crippen molar-refractivity contribution in [3.05, 3.63) is 24.3 Å². The van der Waals surface area contributed by atoms with Gasteiger partial charge in [0.2, 0.25) is 0 Å². The Labute approximate surface area is 88.4 Å². The van der Waals surface area contributed by atoms with Crippen molar-refractivity contribution in [2.75, 3.05) is 5.32 Å². The molecule has 15 heavy (non-hydrogen) atoms. The smallest absolute Gasteiger partial charge is 0.273 e. The molecule has 0 atom stereocenters. The second-order valence-corrected chi connectivity index (χ2v) is 3.76. The number of aromatic nitrogens is 1. The van der Waals surface area contributed by atoms with E-state index in [1.165, 1.54) is 11.3 Å². The zero-order valence-corrected chi connectivity index (χ0v) is 8.21. The number of nitrogens with zero attached hydrogens (tertiary/aromatic N) is 1. The molecule has 0 saturated heterocycles. The molecule has 0 radical (unpaired) electrons. The first kappa shape index (κ1) is 9.60. The van der Waals surface area contributed by atoms with Gasteiger partial charge in [0.15, 0.2) is 5.13 Å². The quantitative estimate of drug-likeness (QED) is 0.686. The number of carbonyl (C=O) groups is 2. The molecule has 1 amide bonds. The van der Waals surface area contributed by atoms with E-state index in [1.807, 2.05) is 18.2 Å². The first-order valence-corrected chi connectivity index (χ1v) is 4.86. The number of amides is 1. The molecule has 0 bridgehead atoms. The molecule has 6 heteroatoms. The summed E-state index contributed by atoms with van der Waals surface area (Å²) in [7, 11) is 0. The summed E-state index contributed by atoms with van der Waals surface area (Å²) in [4.78, 5) is 25.0. The molecule has 0 aliphatic carbocycles.